The lowest BCUT2D eigenvalue weighted by atomic mass is 10.2. The summed E-state index contributed by atoms with van der Waals surface area (Å²) in [7, 11) is -3.46. The summed E-state index contributed by atoms with van der Waals surface area (Å²) in [5.41, 5.74) is 0. The van der Waals surface area contributed by atoms with Gasteiger partial charge in [0.15, 0.2) is 8.68 Å². The van der Waals surface area contributed by atoms with E-state index < -0.39 is 10.0 Å². The molecule has 1 heterocycles. The van der Waals surface area contributed by atoms with Gasteiger partial charge in [0, 0.05) is 13.2 Å². The summed E-state index contributed by atoms with van der Waals surface area (Å²) in [5, 5.41) is 8.57. The molecule has 0 atom stereocenters. The van der Waals surface area contributed by atoms with Gasteiger partial charge in [-0.1, -0.05) is 35.8 Å². The van der Waals surface area contributed by atoms with Crippen LogP contribution in [0.4, 0.5) is 0 Å². The van der Waals surface area contributed by atoms with Crippen molar-refractivity contribution >= 4 is 33.0 Å². The second-order valence-electron chi connectivity index (χ2n) is 3.47. The molecule has 5 nitrogen and oxygen atoms in total. The Morgan fingerprint density at radius 3 is 2.65 bits per heavy atom. The molecule has 0 amide bonds. The van der Waals surface area contributed by atoms with Crippen molar-refractivity contribution in [1.82, 2.24) is 9.71 Å². The summed E-state index contributed by atoms with van der Waals surface area (Å²) >= 11 is 6.51. The predicted molar refractivity (Wildman–Crippen MR) is 67.9 cm³/mol. The van der Waals surface area contributed by atoms with E-state index in [-0.39, 0.29) is 15.3 Å². The van der Waals surface area contributed by atoms with Crippen LogP contribution in [0.3, 0.4) is 0 Å². The van der Waals surface area contributed by atoms with Crippen LogP contribution in [0.1, 0.15) is 25.7 Å². The van der Waals surface area contributed by atoms with Crippen LogP contribution in [-0.2, 0) is 10.0 Å². The lowest BCUT2D eigenvalue weighted by Gasteiger charge is -2.03. The van der Waals surface area contributed by atoms with Gasteiger partial charge in [0.1, 0.15) is 0 Å². The lowest BCUT2D eigenvalue weighted by Crippen LogP contribution is -2.24. The second-order valence-corrected chi connectivity index (χ2v) is 7.07. The van der Waals surface area contributed by atoms with Crippen molar-refractivity contribution in [3.63, 3.8) is 0 Å². The predicted octanol–water partition coefficient (Wildman–Crippen LogP) is 1.63. The Balaban J connectivity index is 2.31. The molecule has 98 valence electrons. The first-order valence-electron chi connectivity index (χ1n) is 5.28. The van der Waals surface area contributed by atoms with Crippen LogP contribution in [0.5, 0.6) is 0 Å². The Hall–Kier alpha value is -0.210. The average molecular weight is 299 g/mol. The zero-order chi connectivity index (χ0) is 12.7. The fourth-order valence-electron chi connectivity index (χ4n) is 1.23. The summed E-state index contributed by atoms with van der Waals surface area (Å²) in [4.78, 5) is 3.69. The lowest BCUT2D eigenvalue weighted by molar-refractivity contribution is 0.282. The van der Waals surface area contributed by atoms with Crippen molar-refractivity contribution in [3.8, 4) is 0 Å². The zero-order valence-electron chi connectivity index (χ0n) is 9.23. The van der Waals surface area contributed by atoms with Crippen molar-refractivity contribution in [2.75, 3.05) is 13.2 Å². The van der Waals surface area contributed by atoms with E-state index in [1.165, 1.54) is 6.20 Å². The number of hydrogen-bond donors (Lipinski definition) is 2. The van der Waals surface area contributed by atoms with Crippen LogP contribution in [0, 0.1) is 0 Å². The fourth-order valence-corrected chi connectivity index (χ4v) is 3.64. The van der Waals surface area contributed by atoms with Crippen molar-refractivity contribution in [2.45, 2.75) is 29.9 Å². The normalized spacial score (nSPS) is 11.9. The van der Waals surface area contributed by atoms with E-state index in [9.17, 15) is 8.42 Å². The topological polar surface area (TPSA) is 79.3 Å². The highest BCUT2D eigenvalue weighted by molar-refractivity contribution is 7.91. The number of sulfonamides is 1. The molecule has 1 aromatic rings. The average Bonchev–Trinajstić information content (AvgIpc) is 2.71. The largest absolute Gasteiger partial charge is 0.396 e. The molecule has 0 bridgehead atoms. The molecular formula is C9H15ClN2O3S2. The first-order valence-corrected chi connectivity index (χ1v) is 7.96. The number of aliphatic hydroxyl groups excluding tert-OH is 1. The van der Waals surface area contributed by atoms with Crippen molar-refractivity contribution < 1.29 is 13.5 Å². The van der Waals surface area contributed by atoms with E-state index in [0.717, 1.165) is 37.0 Å². The molecule has 0 spiro atoms. The number of hydrogen-bond acceptors (Lipinski definition) is 5. The molecule has 0 saturated heterocycles. The van der Waals surface area contributed by atoms with E-state index in [1.54, 1.807) is 0 Å². The van der Waals surface area contributed by atoms with Crippen LogP contribution >= 0.6 is 22.9 Å². The Bertz CT molecular complexity index is 433. The number of nitrogens with zero attached hydrogens (tertiary/aromatic N) is 1. The quantitative estimate of drug-likeness (QED) is 0.715. The van der Waals surface area contributed by atoms with Crippen LogP contribution < -0.4 is 4.72 Å². The highest BCUT2D eigenvalue weighted by Gasteiger charge is 2.16. The van der Waals surface area contributed by atoms with Gasteiger partial charge in [0.25, 0.3) is 10.0 Å². The summed E-state index contributed by atoms with van der Waals surface area (Å²) in [6.45, 7) is 0.578. The molecule has 0 aliphatic carbocycles. The molecule has 8 heteroatoms. The third-order valence-corrected chi connectivity index (χ3v) is 5.14. The van der Waals surface area contributed by atoms with E-state index in [1.807, 2.05) is 0 Å². The molecule has 1 aromatic heterocycles. The Morgan fingerprint density at radius 1 is 1.35 bits per heavy atom. The Kier molecular flexibility index (Phi) is 6.35. The third-order valence-electron chi connectivity index (χ3n) is 2.10. The first kappa shape index (κ1) is 14.8. The Labute approximate surface area is 110 Å². The van der Waals surface area contributed by atoms with Gasteiger partial charge < -0.3 is 5.11 Å². The molecular weight excluding hydrogens is 284 g/mol. The number of thiazole rings is 1. The van der Waals surface area contributed by atoms with Gasteiger partial charge in [-0.05, 0) is 12.8 Å². The molecule has 0 aromatic carbocycles. The minimum atomic E-state index is -3.46. The third kappa shape index (κ3) is 5.31. The van der Waals surface area contributed by atoms with Crippen LogP contribution in [0.15, 0.2) is 10.4 Å². The highest BCUT2D eigenvalue weighted by Crippen LogP contribution is 2.21. The summed E-state index contributed by atoms with van der Waals surface area (Å²) in [6, 6.07) is 0. The van der Waals surface area contributed by atoms with Gasteiger partial charge in [0.05, 0.1) is 6.20 Å². The molecule has 0 saturated carbocycles. The number of nitrogens with one attached hydrogen (secondary N) is 1. The number of unbranched alkanes of at least 4 members (excludes halogenated alkanes) is 3. The number of halogens is 1. The van der Waals surface area contributed by atoms with Crippen molar-refractivity contribution in [2.24, 2.45) is 0 Å². The van der Waals surface area contributed by atoms with E-state index in [2.05, 4.69) is 9.71 Å². The molecule has 2 N–H and O–H groups in total. The molecule has 17 heavy (non-hydrogen) atoms. The minimum Gasteiger partial charge on any atom is -0.396 e. The van der Waals surface area contributed by atoms with Gasteiger partial charge in [-0.3, -0.25) is 0 Å². The minimum absolute atomic E-state index is 0.137. The Morgan fingerprint density at radius 2 is 2.06 bits per heavy atom. The number of aliphatic hydroxyl groups is 1. The van der Waals surface area contributed by atoms with E-state index >= 15 is 0 Å². The van der Waals surface area contributed by atoms with E-state index in [4.69, 9.17) is 16.7 Å². The van der Waals surface area contributed by atoms with Gasteiger partial charge in [-0.15, -0.1) is 0 Å². The van der Waals surface area contributed by atoms with Gasteiger partial charge >= 0.3 is 0 Å². The molecule has 0 fully saturated rings. The molecule has 1 rings (SSSR count). The first-order chi connectivity index (χ1) is 8.06. The van der Waals surface area contributed by atoms with Gasteiger partial charge in [-0.2, -0.15) is 0 Å². The summed E-state index contributed by atoms with van der Waals surface area (Å²) < 4.78 is 26.2. The van der Waals surface area contributed by atoms with Crippen LogP contribution in [0.25, 0.3) is 0 Å². The SMILES string of the molecule is O=S(=O)(NCCCCCCO)c1cnc(Cl)s1. The summed E-state index contributed by atoms with van der Waals surface area (Å²) in [5.74, 6) is 0. The maximum atomic E-state index is 11.7. The molecule has 0 unspecified atom stereocenters. The van der Waals surface area contributed by atoms with Crippen molar-refractivity contribution in [3.05, 3.63) is 10.7 Å². The molecule has 0 aliphatic rings. The monoisotopic (exact) mass is 298 g/mol. The fraction of sp³-hybridized carbons (Fsp3) is 0.667. The van der Waals surface area contributed by atoms with Crippen LogP contribution in [-0.4, -0.2) is 31.7 Å². The second kappa shape index (κ2) is 7.27. The standard InChI is InChI=1S/C9H15ClN2O3S2/c10-9-11-7-8(16-9)17(14,15)12-5-3-1-2-4-6-13/h7,12-13H,1-6H2. The van der Waals surface area contributed by atoms with Crippen molar-refractivity contribution in [1.29, 1.82) is 0 Å². The number of aromatic nitrogens is 1. The zero-order valence-corrected chi connectivity index (χ0v) is 11.6. The maximum absolute atomic E-state index is 11.7. The van der Waals surface area contributed by atoms with Gasteiger partial charge in [-0.25, -0.2) is 18.1 Å². The molecule has 0 radical (unpaired) electrons. The maximum Gasteiger partial charge on any atom is 0.251 e. The van der Waals surface area contributed by atoms with E-state index in [0.29, 0.717) is 6.54 Å². The van der Waals surface area contributed by atoms with Gasteiger partial charge in [0.2, 0.25) is 0 Å². The molecule has 0 aliphatic heterocycles. The number of rotatable bonds is 8. The summed E-state index contributed by atoms with van der Waals surface area (Å²) in [6.07, 6.45) is 4.57. The highest BCUT2D eigenvalue weighted by atomic mass is 35.5. The smallest absolute Gasteiger partial charge is 0.251 e. The van der Waals surface area contributed by atoms with Crippen LogP contribution in [0.2, 0.25) is 4.47 Å².